The van der Waals surface area contributed by atoms with Gasteiger partial charge in [0, 0.05) is 30.8 Å². The van der Waals surface area contributed by atoms with Crippen molar-refractivity contribution >= 4 is 40.8 Å². The monoisotopic (exact) mass is 499 g/mol. The van der Waals surface area contributed by atoms with Crippen LogP contribution in [0.25, 0.3) is 0 Å². The molecule has 36 heavy (non-hydrogen) atoms. The van der Waals surface area contributed by atoms with Crippen LogP contribution in [0.1, 0.15) is 30.6 Å². The smallest absolute Gasteiger partial charge is 0.338 e. The van der Waals surface area contributed by atoms with Gasteiger partial charge in [0.25, 0.3) is 11.6 Å². The molecule has 2 aromatic carbocycles. The number of hydrogen-bond donors (Lipinski definition) is 1. The molecule has 12 heteroatoms. The molecule has 1 N–H and O–H groups in total. The van der Waals surface area contributed by atoms with Crippen LogP contribution in [0.4, 0.5) is 17.1 Å². The molecular formula is C24H25N3O9. The summed E-state index contributed by atoms with van der Waals surface area (Å²) in [4.78, 5) is 61.1. The fourth-order valence-electron chi connectivity index (χ4n) is 3.52. The number of amides is 2. The lowest BCUT2D eigenvalue weighted by molar-refractivity contribution is -0.383. The van der Waals surface area contributed by atoms with E-state index in [-0.39, 0.29) is 36.4 Å². The molecule has 2 amide bonds. The first-order valence-corrected chi connectivity index (χ1v) is 11.0. The molecule has 0 spiro atoms. The number of benzene rings is 2. The Labute approximate surface area is 206 Å². The molecule has 0 bridgehead atoms. The fraction of sp³-hybridized carbons (Fsp3) is 0.333. The van der Waals surface area contributed by atoms with E-state index in [2.05, 4.69) is 5.32 Å². The van der Waals surface area contributed by atoms with E-state index in [1.807, 2.05) is 0 Å². The molecule has 1 aliphatic rings. The van der Waals surface area contributed by atoms with Crippen molar-refractivity contribution < 1.29 is 38.3 Å². The van der Waals surface area contributed by atoms with Crippen LogP contribution in [-0.4, -0.2) is 55.0 Å². The van der Waals surface area contributed by atoms with Gasteiger partial charge in [-0.25, -0.2) is 4.79 Å². The van der Waals surface area contributed by atoms with Gasteiger partial charge in [-0.1, -0.05) is 0 Å². The molecule has 1 saturated heterocycles. The SMILES string of the molecule is COc1ccc([N+](=O)[O-])c(NC(=O)COC(=O)[C@H]2CC(=O)N(c3ccc(C(=O)OC(C)C)cc3)C2)c1. The lowest BCUT2D eigenvalue weighted by Gasteiger charge is -2.17. The zero-order chi connectivity index (χ0) is 26.4. The number of rotatable bonds is 9. The predicted octanol–water partition coefficient (Wildman–Crippen LogP) is 2.70. The number of ether oxygens (including phenoxy) is 3. The number of anilines is 2. The second kappa shape index (κ2) is 11.3. The molecule has 12 nitrogen and oxygen atoms in total. The Morgan fingerprint density at radius 3 is 2.47 bits per heavy atom. The molecule has 0 radical (unpaired) electrons. The Morgan fingerprint density at radius 2 is 1.86 bits per heavy atom. The van der Waals surface area contributed by atoms with Gasteiger partial charge in [0.2, 0.25) is 5.91 Å². The van der Waals surface area contributed by atoms with Gasteiger partial charge >= 0.3 is 11.9 Å². The summed E-state index contributed by atoms with van der Waals surface area (Å²) in [7, 11) is 1.37. The molecule has 1 fully saturated rings. The highest BCUT2D eigenvalue weighted by molar-refractivity contribution is 6.00. The van der Waals surface area contributed by atoms with Crippen LogP contribution in [0.5, 0.6) is 5.75 Å². The summed E-state index contributed by atoms with van der Waals surface area (Å²) in [6.07, 6.45) is -0.379. The van der Waals surface area contributed by atoms with Gasteiger partial charge in [0.05, 0.1) is 29.6 Å². The highest BCUT2D eigenvalue weighted by Gasteiger charge is 2.36. The van der Waals surface area contributed by atoms with E-state index in [9.17, 15) is 29.3 Å². The predicted molar refractivity (Wildman–Crippen MR) is 127 cm³/mol. The van der Waals surface area contributed by atoms with Crippen molar-refractivity contribution in [3.05, 3.63) is 58.1 Å². The summed E-state index contributed by atoms with van der Waals surface area (Å²) in [6, 6.07) is 10.1. The normalized spacial score (nSPS) is 14.9. The number of carbonyl (C=O) groups is 4. The Bertz CT molecular complexity index is 1180. The minimum Gasteiger partial charge on any atom is -0.497 e. The first kappa shape index (κ1) is 26.1. The zero-order valence-corrected chi connectivity index (χ0v) is 19.9. The molecule has 2 aromatic rings. The molecule has 1 aliphatic heterocycles. The van der Waals surface area contributed by atoms with Gasteiger partial charge in [-0.3, -0.25) is 24.5 Å². The number of carbonyl (C=O) groups excluding carboxylic acids is 4. The van der Waals surface area contributed by atoms with Gasteiger partial charge < -0.3 is 24.4 Å². The van der Waals surface area contributed by atoms with E-state index in [0.717, 1.165) is 0 Å². The zero-order valence-electron chi connectivity index (χ0n) is 19.9. The van der Waals surface area contributed by atoms with E-state index in [0.29, 0.717) is 17.0 Å². The Balaban J connectivity index is 1.56. The summed E-state index contributed by atoms with van der Waals surface area (Å²) in [6.45, 7) is 2.82. The molecule has 1 atom stereocenters. The van der Waals surface area contributed by atoms with Crippen molar-refractivity contribution in [1.29, 1.82) is 0 Å². The quantitative estimate of drug-likeness (QED) is 0.311. The molecule has 3 rings (SSSR count). The molecular weight excluding hydrogens is 474 g/mol. The largest absolute Gasteiger partial charge is 0.497 e. The molecule has 0 saturated carbocycles. The number of esters is 2. The molecule has 0 aliphatic carbocycles. The summed E-state index contributed by atoms with van der Waals surface area (Å²) >= 11 is 0. The van der Waals surface area contributed by atoms with E-state index in [1.165, 1.54) is 42.3 Å². The first-order valence-electron chi connectivity index (χ1n) is 11.0. The second-order valence-electron chi connectivity index (χ2n) is 8.20. The van der Waals surface area contributed by atoms with Gasteiger partial charge in [-0.05, 0) is 44.2 Å². The number of nitro groups is 1. The second-order valence-corrected chi connectivity index (χ2v) is 8.20. The van der Waals surface area contributed by atoms with E-state index in [4.69, 9.17) is 14.2 Å². The van der Waals surface area contributed by atoms with E-state index < -0.39 is 35.3 Å². The van der Waals surface area contributed by atoms with Crippen LogP contribution in [-0.2, 0) is 23.9 Å². The van der Waals surface area contributed by atoms with Crippen molar-refractivity contribution in [3.8, 4) is 5.75 Å². The van der Waals surface area contributed by atoms with E-state index >= 15 is 0 Å². The molecule has 0 aromatic heterocycles. The highest BCUT2D eigenvalue weighted by atomic mass is 16.6. The minimum absolute atomic E-state index is 0.0381. The maximum atomic E-state index is 12.5. The third-order valence-corrected chi connectivity index (χ3v) is 5.24. The summed E-state index contributed by atoms with van der Waals surface area (Å²) < 4.78 is 15.2. The van der Waals surface area contributed by atoms with E-state index in [1.54, 1.807) is 26.0 Å². The van der Waals surface area contributed by atoms with Crippen molar-refractivity contribution in [2.45, 2.75) is 26.4 Å². The van der Waals surface area contributed by atoms with Gasteiger partial charge in [-0.2, -0.15) is 0 Å². The van der Waals surface area contributed by atoms with Crippen LogP contribution >= 0.6 is 0 Å². The lowest BCUT2D eigenvalue weighted by Crippen LogP contribution is -2.28. The Morgan fingerprint density at radius 1 is 1.17 bits per heavy atom. The van der Waals surface area contributed by atoms with Crippen LogP contribution in [0, 0.1) is 16.0 Å². The summed E-state index contributed by atoms with van der Waals surface area (Å²) in [5.41, 5.74) is 0.371. The standard InChI is InChI=1S/C24H25N3O9/c1-14(2)36-24(31)15-4-6-17(7-5-15)26-12-16(10-22(26)29)23(30)35-13-21(28)25-19-11-18(34-3)8-9-20(19)27(32)33/h4-9,11,14,16H,10,12-13H2,1-3H3,(H,25,28)/t16-/m0/s1. The Kier molecular flexibility index (Phi) is 8.20. The topological polar surface area (TPSA) is 154 Å². The summed E-state index contributed by atoms with van der Waals surface area (Å²) in [5.74, 6) is -2.85. The van der Waals surface area contributed by atoms with Crippen molar-refractivity contribution in [1.82, 2.24) is 0 Å². The number of methoxy groups -OCH3 is 1. The number of nitro benzene ring substituents is 1. The van der Waals surface area contributed by atoms with Crippen LogP contribution in [0.15, 0.2) is 42.5 Å². The Hall–Kier alpha value is -4.48. The molecule has 190 valence electrons. The lowest BCUT2D eigenvalue weighted by atomic mass is 10.1. The third kappa shape index (κ3) is 6.34. The van der Waals surface area contributed by atoms with Gasteiger partial charge in [-0.15, -0.1) is 0 Å². The first-order chi connectivity index (χ1) is 17.1. The van der Waals surface area contributed by atoms with Gasteiger partial charge in [0.1, 0.15) is 11.4 Å². The summed E-state index contributed by atoms with van der Waals surface area (Å²) in [5, 5.41) is 13.5. The number of nitrogens with one attached hydrogen (secondary N) is 1. The maximum Gasteiger partial charge on any atom is 0.338 e. The highest BCUT2D eigenvalue weighted by Crippen LogP contribution is 2.29. The van der Waals surface area contributed by atoms with Crippen molar-refractivity contribution in [2.75, 3.05) is 30.5 Å². The fourth-order valence-corrected chi connectivity index (χ4v) is 3.52. The molecule has 0 unspecified atom stereocenters. The average molecular weight is 499 g/mol. The molecule has 1 heterocycles. The average Bonchev–Trinajstić information content (AvgIpc) is 3.23. The van der Waals surface area contributed by atoms with Crippen molar-refractivity contribution in [2.24, 2.45) is 5.92 Å². The van der Waals surface area contributed by atoms with Gasteiger partial charge in [0.15, 0.2) is 6.61 Å². The van der Waals surface area contributed by atoms with Crippen LogP contribution in [0.3, 0.4) is 0 Å². The minimum atomic E-state index is -0.804. The van der Waals surface area contributed by atoms with Crippen molar-refractivity contribution in [3.63, 3.8) is 0 Å². The number of nitrogens with zero attached hydrogens (tertiary/aromatic N) is 2. The van der Waals surface area contributed by atoms with Crippen LogP contribution < -0.4 is 15.0 Å². The third-order valence-electron chi connectivity index (χ3n) is 5.24. The van der Waals surface area contributed by atoms with Crippen LogP contribution in [0.2, 0.25) is 0 Å². The number of hydrogen-bond acceptors (Lipinski definition) is 9. The maximum absolute atomic E-state index is 12.5.